The molecule has 1 unspecified atom stereocenters. The van der Waals surface area contributed by atoms with Crippen LogP contribution in [-0.4, -0.2) is 23.5 Å². The number of hydrogen-bond donors (Lipinski definition) is 1. The summed E-state index contributed by atoms with van der Waals surface area (Å²) in [6.45, 7) is 2.19. The number of ketones is 1. The number of halogens is 2. The number of hydrogen-bond acceptors (Lipinski definition) is 5. The minimum atomic E-state index is -1.03. The van der Waals surface area contributed by atoms with Gasteiger partial charge in [-0.3, -0.25) is 4.79 Å². The predicted octanol–water partition coefficient (Wildman–Crippen LogP) is 6.25. The molecule has 4 rings (SSSR count). The SMILES string of the molecule is CCOc1nccc2c(C(=O)c3c(F)cc(C(CC4CCCCC4)OC(N)=O)cc3F)cccc12. The second-order valence-corrected chi connectivity index (χ2v) is 8.80. The largest absolute Gasteiger partial charge is 0.478 e. The molecular formula is C27H28F2N2O4. The molecule has 1 saturated carbocycles. The topological polar surface area (TPSA) is 91.5 Å². The van der Waals surface area contributed by atoms with Gasteiger partial charge >= 0.3 is 6.09 Å². The Balaban J connectivity index is 1.69. The number of pyridine rings is 1. The van der Waals surface area contributed by atoms with Crippen molar-refractivity contribution in [3.63, 3.8) is 0 Å². The molecule has 0 radical (unpaired) electrons. The number of primary amides is 1. The highest BCUT2D eigenvalue weighted by Crippen LogP contribution is 2.35. The Hall–Kier alpha value is -3.55. The first-order chi connectivity index (χ1) is 16.9. The second kappa shape index (κ2) is 10.8. The Bertz CT molecular complexity index is 1220. The molecule has 2 N–H and O–H groups in total. The maximum Gasteiger partial charge on any atom is 0.405 e. The van der Waals surface area contributed by atoms with Gasteiger partial charge in [0, 0.05) is 17.1 Å². The van der Waals surface area contributed by atoms with Crippen LogP contribution in [0.5, 0.6) is 5.88 Å². The van der Waals surface area contributed by atoms with Crippen LogP contribution >= 0.6 is 0 Å². The van der Waals surface area contributed by atoms with Crippen molar-refractivity contribution in [3.8, 4) is 5.88 Å². The van der Waals surface area contributed by atoms with Gasteiger partial charge in [0.05, 0.1) is 12.2 Å². The van der Waals surface area contributed by atoms with Gasteiger partial charge in [-0.25, -0.2) is 18.6 Å². The number of nitrogens with two attached hydrogens (primary N) is 1. The summed E-state index contributed by atoms with van der Waals surface area (Å²) in [5.41, 5.74) is 4.83. The zero-order valence-electron chi connectivity index (χ0n) is 19.6. The first-order valence-corrected chi connectivity index (χ1v) is 11.9. The number of benzene rings is 2. The fourth-order valence-electron chi connectivity index (χ4n) is 4.88. The van der Waals surface area contributed by atoms with Crippen LogP contribution in [0.1, 0.15) is 73.0 Å². The molecule has 8 heteroatoms. The number of ether oxygens (including phenoxy) is 2. The van der Waals surface area contributed by atoms with E-state index < -0.39 is 35.2 Å². The molecule has 1 fully saturated rings. The summed E-state index contributed by atoms with van der Waals surface area (Å²) in [5, 5.41) is 1.05. The van der Waals surface area contributed by atoms with Gasteiger partial charge in [0.25, 0.3) is 0 Å². The molecule has 6 nitrogen and oxygen atoms in total. The molecule has 0 saturated heterocycles. The molecule has 1 amide bonds. The Kier molecular flexibility index (Phi) is 7.58. The Morgan fingerprint density at radius 2 is 1.80 bits per heavy atom. The smallest absolute Gasteiger partial charge is 0.405 e. The van der Waals surface area contributed by atoms with Crippen LogP contribution in [-0.2, 0) is 4.74 Å². The lowest BCUT2D eigenvalue weighted by Crippen LogP contribution is -2.21. The van der Waals surface area contributed by atoms with Crippen molar-refractivity contribution in [1.29, 1.82) is 0 Å². The first-order valence-electron chi connectivity index (χ1n) is 11.9. The fourth-order valence-corrected chi connectivity index (χ4v) is 4.88. The Morgan fingerprint density at radius 3 is 2.46 bits per heavy atom. The van der Waals surface area contributed by atoms with Crippen LogP contribution in [0.15, 0.2) is 42.6 Å². The standard InChI is InChI=1S/C27H28F2N2O4/c1-2-34-26-20-10-6-9-19(18(20)11-12-31-26)25(32)24-21(28)14-17(15-22(24)29)23(35-27(30)33)13-16-7-4-3-5-8-16/h6,9-12,14-16,23H,2-5,7-8,13H2,1H3,(H2,30,33). The number of rotatable bonds is 8. The van der Waals surface area contributed by atoms with E-state index >= 15 is 8.78 Å². The summed E-state index contributed by atoms with van der Waals surface area (Å²) in [4.78, 5) is 29.0. The molecule has 2 aromatic carbocycles. The third-order valence-electron chi connectivity index (χ3n) is 6.49. The van der Waals surface area contributed by atoms with Gasteiger partial charge in [0.15, 0.2) is 5.78 Å². The highest BCUT2D eigenvalue weighted by molar-refractivity contribution is 6.17. The fraction of sp³-hybridized carbons (Fsp3) is 0.370. The van der Waals surface area contributed by atoms with E-state index in [1.165, 1.54) is 12.3 Å². The lowest BCUT2D eigenvalue weighted by atomic mass is 9.84. The number of fused-ring (bicyclic) bond motifs is 1. The van der Waals surface area contributed by atoms with Crippen molar-refractivity contribution in [2.45, 2.75) is 51.6 Å². The van der Waals surface area contributed by atoms with Crippen LogP contribution < -0.4 is 10.5 Å². The van der Waals surface area contributed by atoms with Gasteiger partial charge in [-0.15, -0.1) is 0 Å². The summed E-state index contributed by atoms with van der Waals surface area (Å²) >= 11 is 0. The summed E-state index contributed by atoms with van der Waals surface area (Å²) in [6, 6.07) is 8.59. The van der Waals surface area contributed by atoms with E-state index in [2.05, 4.69) is 4.98 Å². The molecule has 184 valence electrons. The molecule has 0 aliphatic heterocycles. The summed E-state index contributed by atoms with van der Waals surface area (Å²) in [6.07, 6.45) is 5.20. The van der Waals surface area contributed by atoms with E-state index in [1.807, 2.05) is 6.92 Å². The van der Waals surface area contributed by atoms with Crippen molar-refractivity contribution in [3.05, 3.63) is 70.9 Å². The van der Waals surface area contributed by atoms with E-state index in [1.54, 1.807) is 18.2 Å². The molecule has 1 atom stereocenters. The van der Waals surface area contributed by atoms with Crippen LogP contribution in [0.2, 0.25) is 0 Å². The zero-order valence-corrected chi connectivity index (χ0v) is 19.6. The second-order valence-electron chi connectivity index (χ2n) is 8.80. The maximum atomic E-state index is 15.3. The summed E-state index contributed by atoms with van der Waals surface area (Å²) < 4.78 is 41.3. The highest BCUT2D eigenvalue weighted by Gasteiger charge is 2.27. The zero-order chi connectivity index (χ0) is 24.9. The van der Waals surface area contributed by atoms with E-state index in [0.717, 1.165) is 44.2 Å². The van der Waals surface area contributed by atoms with Crippen molar-refractivity contribution >= 4 is 22.6 Å². The minimum absolute atomic E-state index is 0.128. The van der Waals surface area contributed by atoms with Crippen molar-refractivity contribution in [2.24, 2.45) is 11.7 Å². The van der Waals surface area contributed by atoms with Gasteiger partial charge in [0.1, 0.15) is 17.7 Å². The molecule has 1 aliphatic rings. The third kappa shape index (κ3) is 5.42. The van der Waals surface area contributed by atoms with Gasteiger partial charge in [0.2, 0.25) is 5.88 Å². The number of carbonyl (C=O) groups excluding carboxylic acids is 2. The molecule has 35 heavy (non-hydrogen) atoms. The Labute approximate surface area is 202 Å². The molecule has 0 bridgehead atoms. The maximum absolute atomic E-state index is 15.3. The van der Waals surface area contributed by atoms with Crippen molar-refractivity contribution in [2.75, 3.05) is 6.61 Å². The molecule has 1 heterocycles. The normalized spacial score (nSPS) is 15.1. The highest BCUT2D eigenvalue weighted by atomic mass is 19.1. The van der Waals surface area contributed by atoms with E-state index in [4.69, 9.17) is 15.2 Å². The summed E-state index contributed by atoms with van der Waals surface area (Å²) in [7, 11) is 0. The van der Waals surface area contributed by atoms with Gasteiger partial charge in [-0.1, -0.05) is 44.2 Å². The monoisotopic (exact) mass is 482 g/mol. The number of aromatic nitrogens is 1. The first kappa shape index (κ1) is 24.6. The number of nitrogens with zero attached hydrogens (tertiary/aromatic N) is 1. The van der Waals surface area contributed by atoms with Crippen LogP contribution in [0.25, 0.3) is 10.8 Å². The molecular weight excluding hydrogens is 454 g/mol. The van der Waals surface area contributed by atoms with Crippen LogP contribution in [0.4, 0.5) is 13.6 Å². The van der Waals surface area contributed by atoms with E-state index in [9.17, 15) is 9.59 Å². The lowest BCUT2D eigenvalue weighted by Gasteiger charge is -2.26. The molecule has 0 spiro atoms. The number of amides is 1. The third-order valence-corrected chi connectivity index (χ3v) is 6.49. The molecule has 3 aromatic rings. The average molecular weight is 483 g/mol. The van der Waals surface area contributed by atoms with Crippen molar-refractivity contribution in [1.82, 2.24) is 4.98 Å². The predicted molar refractivity (Wildman–Crippen MR) is 127 cm³/mol. The minimum Gasteiger partial charge on any atom is -0.478 e. The quantitative estimate of drug-likeness (QED) is 0.383. The Morgan fingerprint density at radius 1 is 1.09 bits per heavy atom. The molecule has 1 aliphatic carbocycles. The van der Waals surface area contributed by atoms with E-state index in [0.29, 0.717) is 29.7 Å². The van der Waals surface area contributed by atoms with Crippen LogP contribution in [0, 0.1) is 17.6 Å². The molecule has 1 aromatic heterocycles. The van der Waals surface area contributed by atoms with Gasteiger partial charge < -0.3 is 15.2 Å². The van der Waals surface area contributed by atoms with Crippen LogP contribution in [0.3, 0.4) is 0 Å². The number of carbonyl (C=O) groups is 2. The summed E-state index contributed by atoms with van der Waals surface area (Å²) in [5.74, 6) is -2.24. The van der Waals surface area contributed by atoms with Gasteiger partial charge in [-0.05, 0) is 54.5 Å². The average Bonchev–Trinajstić information content (AvgIpc) is 2.83. The van der Waals surface area contributed by atoms with E-state index in [-0.39, 0.29) is 17.0 Å². The van der Waals surface area contributed by atoms with Crippen molar-refractivity contribution < 1.29 is 27.8 Å². The van der Waals surface area contributed by atoms with Gasteiger partial charge in [-0.2, -0.15) is 0 Å². The lowest BCUT2D eigenvalue weighted by molar-refractivity contribution is 0.0839.